The highest BCUT2D eigenvalue weighted by Crippen LogP contribution is 2.18. The third-order valence-electron chi connectivity index (χ3n) is 4.05. The molecule has 0 atom stereocenters. The van der Waals surface area contributed by atoms with E-state index in [1.807, 2.05) is 6.92 Å². The lowest BCUT2D eigenvalue weighted by atomic mass is 9.94. The monoisotopic (exact) mass is 278 g/mol. The molecular formula is C16H23FN2O. The summed E-state index contributed by atoms with van der Waals surface area (Å²) < 4.78 is 13.7. The van der Waals surface area contributed by atoms with Gasteiger partial charge in [0.05, 0.1) is 5.56 Å². The van der Waals surface area contributed by atoms with Crippen LogP contribution in [-0.4, -0.2) is 37.5 Å². The average molecular weight is 278 g/mol. The van der Waals surface area contributed by atoms with Crippen molar-refractivity contribution in [2.24, 2.45) is 5.92 Å². The molecule has 1 aromatic carbocycles. The summed E-state index contributed by atoms with van der Waals surface area (Å²) in [5.41, 5.74) is 0.962. The van der Waals surface area contributed by atoms with Crippen LogP contribution >= 0.6 is 0 Å². The minimum atomic E-state index is -0.443. The number of carbonyl (C=O) groups is 1. The van der Waals surface area contributed by atoms with Crippen LogP contribution in [-0.2, 0) is 0 Å². The highest BCUT2D eigenvalue weighted by molar-refractivity contribution is 5.94. The minimum absolute atomic E-state index is 0.138. The maximum absolute atomic E-state index is 13.7. The van der Waals surface area contributed by atoms with Gasteiger partial charge in [-0.1, -0.05) is 6.07 Å². The van der Waals surface area contributed by atoms with E-state index >= 15 is 0 Å². The standard InChI is InChI=1S/C16H23FN2O/c1-12-3-4-14(15(17)11-12)16(20)18-8-5-13-6-9-19(2)10-7-13/h3-4,11,13H,5-10H2,1-2H3,(H,18,20). The molecule has 0 spiro atoms. The first-order valence-electron chi connectivity index (χ1n) is 7.29. The third-order valence-corrected chi connectivity index (χ3v) is 4.05. The van der Waals surface area contributed by atoms with Crippen molar-refractivity contribution in [1.29, 1.82) is 0 Å². The van der Waals surface area contributed by atoms with Crippen LogP contribution in [0.4, 0.5) is 4.39 Å². The second kappa shape index (κ2) is 6.84. The molecule has 0 aliphatic carbocycles. The fourth-order valence-corrected chi connectivity index (χ4v) is 2.64. The molecule has 20 heavy (non-hydrogen) atoms. The normalized spacial score (nSPS) is 17.1. The Labute approximate surface area is 120 Å². The van der Waals surface area contributed by atoms with Gasteiger partial charge in [-0.3, -0.25) is 4.79 Å². The lowest BCUT2D eigenvalue weighted by Crippen LogP contribution is -2.32. The molecular weight excluding hydrogens is 255 g/mol. The van der Waals surface area contributed by atoms with Crippen LogP contribution in [0, 0.1) is 18.7 Å². The predicted octanol–water partition coefficient (Wildman–Crippen LogP) is 2.60. The van der Waals surface area contributed by atoms with E-state index in [2.05, 4.69) is 17.3 Å². The summed E-state index contributed by atoms with van der Waals surface area (Å²) in [4.78, 5) is 14.2. The predicted molar refractivity (Wildman–Crippen MR) is 78.3 cm³/mol. The summed E-state index contributed by atoms with van der Waals surface area (Å²) in [7, 11) is 2.14. The van der Waals surface area contributed by atoms with Gasteiger partial charge in [-0.05, 0) is 69.9 Å². The second-order valence-corrected chi connectivity index (χ2v) is 5.77. The summed E-state index contributed by atoms with van der Waals surface area (Å²) in [5, 5.41) is 2.83. The van der Waals surface area contributed by atoms with Crippen molar-refractivity contribution in [3.8, 4) is 0 Å². The number of piperidine rings is 1. The number of rotatable bonds is 4. The molecule has 3 nitrogen and oxygen atoms in total. The van der Waals surface area contributed by atoms with Crippen molar-refractivity contribution in [3.05, 3.63) is 35.1 Å². The van der Waals surface area contributed by atoms with Gasteiger partial charge in [0.15, 0.2) is 0 Å². The molecule has 1 N–H and O–H groups in total. The molecule has 1 fully saturated rings. The number of carbonyl (C=O) groups excluding carboxylic acids is 1. The van der Waals surface area contributed by atoms with E-state index < -0.39 is 5.82 Å². The van der Waals surface area contributed by atoms with E-state index in [0.29, 0.717) is 12.5 Å². The Balaban J connectivity index is 1.77. The highest BCUT2D eigenvalue weighted by Gasteiger charge is 2.17. The van der Waals surface area contributed by atoms with Crippen LogP contribution in [0.1, 0.15) is 35.2 Å². The van der Waals surface area contributed by atoms with Crippen molar-refractivity contribution in [2.75, 3.05) is 26.7 Å². The number of hydrogen-bond acceptors (Lipinski definition) is 2. The zero-order valence-electron chi connectivity index (χ0n) is 12.3. The van der Waals surface area contributed by atoms with Gasteiger partial charge in [0, 0.05) is 6.54 Å². The number of hydrogen-bond donors (Lipinski definition) is 1. The van der Waals surface area contributed by atoms with Crippen molar-refractivity contribution in [3.63, 3.8) is 0 Å². The minimum Gasteiger partial charge on any atom is -0.352 e. The van der Waals surface area contributed by atoms with E-state index in [1.165, 1.54) is 18.9 Å². The Morgan fingerprint density at radius 1 is 1.40 bits per heavy atom. The highest BCUT2D eigenvalue weighted by atomic mass is 19.1. The molecule has 1 aliphatic rings. The van der Waals surface area contributed by atoms with Crippen molar-refractivity contribution in [2.45, 2.75) is 26.2 Å². The first-order chi connectivity index (χ1) is 9.56. The number of nitrogens with zero attached hydrogens (tertiary/aromatic N) is 1. The SMILES string of the molecule is Cc1ccc(C(=O)NCCC2CCN(C)CC2)c(F)c1. The molecule has 0 bridgehead atoms. The molecule has 1 amide bonds. The Kier molecular flexibility index (Phi) is 5.12. The molecule has 2 rings (SSSR count). The largest absolute Gasteiger partial charge is 0.352 e. The number of halogens is 1. The summed E-state index contributed by atoms with van der Waals surface area (Å²) in [6.45, 7) is 4.70. The first kappa shape index (κ1) is 15.0. The zero-order chi connectivity index (χ0) is 14.5. The van der Waals surface area contributed by atoms with Gasteiger partial charge in [-0.15, -0.1) is 0 Å². The molecule has 110 valence electrons. The third kappa shape index (κ3) is 4.04. The summed E-state index contributed by atoms with van der Waals surface area (Å²) in [5.74, 6) is -0.0772. The van der Waals surface area contributed by atoms with Crippen molar-refractivity contribution >= 4 is 5.91 Å². The lowest BCUT2D eigenvalue weighted by Gasteiger charge is -2.28. The second-order valence-electron chi connectivity index (χ2n) is 5.77. The quantitative estimate of drug-likeness (QED) is 0.918. The Morgan fingerprint density at radius 3 is 2.75 bits per heavy atom. The van der Waals surface area contributed by atoms with Crippen LogP contribution < -0.4 is 5.32 Å². The van der Waals surface area contributed by atoms with Crippen LogP contribution in [0.3, 0.4) is 0 Å². The number of likely N-dealkylation sites (tertiary alicyclic amines) is 1. The first-order valence-corrected chi connectivity index (χ1v) is 7.29. The van der Waals surface area contributed by atoms with E-state index in [1.54, 1.807) is 12.1 Å². The lowest BCUT2D eigenvalue weighted by molar-refractivity contribution is 0.0945. The van der Waals surface area contributed by atoms with Gasteiger partial charge in [0.25, 0.3) is 5.91 Å². The molecule has 1 heterocycles. The van der Waals surface area contributed by atoms with Gasteiger partial charge < -0.3 is 10.2 Å². The van der Waals surface area contributed by atoms with E-state index in [4.69, 9.17) is 0 Å². The van der Waals surface area contributed by atoms with Crippen molar-refractivity contribution < 1.29 is 9.18 Å². The molecule has 0 saturated carbocycles. The maximum atomic E-state index is 13.7. The van der Waals surface area contributed by atoms with Crippen LogP contribution in [0.2, 0.25) is 0 Å². The van der Waals surface area contributed by atoms with E-state index in [-0.39, 0.29) is 11.5 Å². The molecule has 0 radical (unpaired) electrons. The molecule has 1 aliphatic heterocycles. The van der Waals surface area contributed by atoms with Crippen LogP contribution in [0.25, 0.3) is 0 Å². The number of nitrogens with one attached hydrogen (secondary N) is 1. The van der Waals surface area contributed by atoms with Gasteiger partial charge >= 0.3 is 0 Å². The van der Waals surface area contributed by atoms with Gasteiger partial charge in [-0.25, -0.2) is 4.39 Å². The number of aryl methyl sites for hydroxylation is 1. The van der Waals surface area contributed by atoms with Crippen LogP contribution in [0.5, 0.6) is 0 Å². The Bertz CT molecular complexity index is 468. The fraction of sp³-hybridized carbons (Fsp3) is 0.562. The zero-order valence-corrected chi connectivity index (χ0v) is 12.3. The smallest absolute Gasteiger partial charge is 0.254 e. The Morgan fingerprint density at radius 2 is 2.10 bits per heavy atom. The maximum Gasteiger partial charge on any atom is 0.254 e. The molecule has 0 unspecified atom stereocenters. The van der Waals surface area contributed by atoms with Crippen molar-refractivity contribution in [1.82, 2.24) is 10.2 Å². The van der Waals surface area contributed by atoms with Crippen LogP contribution in [0.15, 0.2) is 18.2 Å². The molecule has 4 heteroatoms. The average Bonchev–Trinajstić information content (AvgIpc) is 2.41. The number of benzene rings is 1. The van der Waals surface area contributed by atoms with Gasteiger partial charge in [0.2, 0.25) is 0 Å². The topological polar surface area (TPSA) is 32.3 Å². The molecule has 1 aromatic rings. The van der Waals surface area contributed by atoms with Gasteiger partial charge in [-0.2, -0.15) is 0 Å². The molecule has 0 aromatic heterocycles. The van der Waals surface area contributed by atoms with E-state index in [9.17, 15) is 9.18 Å². The molecule has 1 saturated heterocycles. The van der Waals surface area contributed by atoms with E-state index in [0.717, 1.165) is 25.1 Å². The summed E-state index contributed by atoms with van der Waals surface area (Å²) >= 11 is 0. The van der Waals surface area contributed by atoms with Gasteiger partial charge in [0.1, 0.15) is 5.82 Å². The fourth-order valence-electron chi connectivity index (χ4n) is 2.64. The summed E-state index contributed by atoms with van der Waals surface area (Å²) in [6.07, 6.45) is 3.35. The Hall–Kier alpha value is -1.42. The summed E-state index contributed by atoms with van der Waals surface area (Å²) in [6, 6.07) is 4.70. The number of amides is 1.